The van der Waals surface area contributed by atoms with Crippen molar-refractivity contribution in [3.63, 3.8) is 0 Å². The van der Waals surface area contributed by atoms with Crippen LogP contribution in [-0.4, -0.2) is 6.54 Å². The Labute approximate surface area is 105 Å². The highest BCUT2D eigenvalue weighted by Crippen LogP contribution is 2.30. The molecule has 0 fully saturated rings. The zero-order chi connectivity index (χ0) is 12.3. The van der Waals surface area contributed by atoms with Gasteiger partial charge in [-0.1, -0.05) is 13.0 Å². The first kappa shape index (κ1) is 12.3. The molecule has 1 aromatic carbocycles. The van der Waals surface area contributed by atoms with Crippen LogP contribution in [0.15, 0.2) is 29.6 Å². The van der Waals surface area contributed by atoms with E-state index in [1.54, 1.807) is 17.4 Å². The molecule has 0 unspecified atom stereocenters. The molecular formula is C14H16FNS. The minimum atomic E-state index is -0.147. The summed E-state index contributed by atoms with van der Waals surface area (Å²) in [4.78, 5) is 1.16. The van der Waals surface area contributed by atoms with Gasteiger partial charge in [0.1, 0.15) is 5.82 Å². The maximum atomic E-state index is 13.8. The normalized spacial score (nSPS) is 10.8. The predicted octanol–water partition coefficient (Wildman–Crippen LogP) is 3.97. The Kier molecular flexibility index (Phi) is 3.92. The lowest BCUT2D eigenvalue weighted by Gasteiger charge is -2.07. The van der Waals surface area contributed by atoms with Crippen LogP contribution in [0.3, 0.4) is 0 Å². The monoisotopic (exact) mass is 249 g/mol. The molecule has 0 bridgehead atoms. The zero-order valence-electron chi connectivity index (χ0n) is 10.1. The Morgan fingerprint density at radius 3 is 2.71 bits per heavy atom. The Hall–Kier alpha value is -1.19. The van der Waals surface area contributed by atoms with Crippen molar-refractivity contribution in [3.8, 4) is 11.1 Å². The first-order chi connectivity index (χ1) is 8.22. The summed E-state index contributed by atoms with van der Waals surface area (Å²) < 4.78 is 13.8. The molecule has 0 saturated heterocycles. The highest BCUT2D eigenvalue weighted by Gasteiger charge is 2.09. The summed E-state index contributed by atoms with van der Waals surface area (Å²) in [5.41, 5.74) is 2.83. The number of thiophene rings is 1. The lowest BCUT2D eigenvalue weighted by atomic mass is 10.0. The SMILES string of the molecule is CCNCc1ccc(F)c(-c2ccsc2C)c1. The molecular weight excluding hydrogens is 233 g/mol. The van der Waals surface area contributed by atoms with Crippen LogP contribution in [0.4, 0.5) is 4.39 Å². The fourth-order valence-electron chi connectivity index (χ4n) is 1.82. The van der Waals surface area contributed by atoms with Crippen molar-refractivity contribution in [1.82, 2.24) is 5.32 Å². The standard InChI is InChI=1S/C14H16FNS/c1-3-16-9-11-4-5-14(15)13(8-11)12-6-7-17-10(12)2/h4-8,16H,3,9H2,1-2H3. The van der Waals surface area contributed by atoms with Gasteiger partial charge in [0.25, 0.3) is 0 Å². The van der Waals surface area contributed by atoms with Crippen molar-refractivity contribution in [3.05, 3.63) is 45.9 Å². The number of benzene rings is 1. The van der Waals surface area contributed by atoms with E-state index in [0.29, 0.717) is 5.56 Å². The Morgan fingerprint density at radius 2 is 2.06 bits per heavy atom. The van der Waals surface area contributed by atoms with Crippen LogP contribution in [-0.2, 0) is 6.54 Å². The van der Waals surface area contributed by atoms with Crippen molar-refractivity contribution in [2.75, 3.05) is 6.54 Å². The largest absolute Gasteiger partial charge is 0.313 e. The van der Waals surface area contributed by atoms with Crippen molar-refractivity contribution >= 4 is 11.3 Å². The number of halogens is 1. The second kappa shape index (κ2) is 5.43. The molecule has 0 aliphatic carbocycles. The number of nitrogens with one attached hydrogen (secondary N) is 1. The number of hydrogen-bond acceptors (Lipinski definition) is 2. The molecule has 90 valence electrons. The topological polar surface area (TPSA) is 12.0 Å². The fourth-order valence-corrected chi connectivity index (χ4v) is 2.54. The molecule has 1 nitrogen and oxygen atoms in total. The molecule has 1 heterocycles. The third-order valence-electron chi connectivity index (χ3n) is 2.76. The van der Waals surface area contributed by atoms with Crippen molar-refractivity contribution in [2.45, 2.75) is 20.4 Å². The van der Waals surface area contributed by atoms with Crippen LogP contribution in [0.1, 0.15) is 17.4 Å². The van der Waals surface area contributed by atoms with Gasteiger partial charge in [0.15, 0.2) is 0 Å². The highest BCUT2D eigenvalue weighted by molar-refractivity contribution is 7.10. The maximum Gasteiger partial charge on any atom is 0.131 e. The molecule has 0 radical (unpaired) electrons. The summed E-state index contributed by atoms with van der Waals surface area (Å²) >= 11 is 1.65. The molecule has 1 aromatic heterocycles. The smallest absolute Gasteiger partial charge is 0.131 e. The minimum Gasteiger partial charge on any atom is -0.313 e. The predicted molar refractivity (Wildman–Crippen MR) is 71.8 cm³/mol. The summed E-state index contributed by atoms with van der Waals surface area (Å²) in [7, 11) is 0. The molecule has 2 aromatic rings. The highest BCUT2D eigenvalue weighted by atomic mass is 32.1. The van der Waals surface area contributed by atoms with Gasteiger partial charge < -0.3 is 5.32 Å². The van der Waals surface area contributed by atoms with Gasteiger partial charge in [-0.15, -0.1) is 11.3 Å². The van der Waals surface area contributed by atoms with E-state index in [-0.39, 0.29) is 5.82 Å². The van der Waals surface area contributed by atoms with Crippen molar-refractivity contribution < 1.29 is 4.39 Å². The number of rotatable bonds is 4. The summed E-state index contributed by atoms with van der Waals surface area (Å²) in [6, 6.07) is 7.31. The van der Waals surface area contributed by atoms with Crippen LogP contribution >= 0.6 is 11.3 Å². The first-order valence-electron chi connectivity index (χ1n) is 5.76. The van der Waals surface area contributed by atoms with Crippen LogP contribution < -0.4 is 5.32 Å². The second-order valence-electron chi connectivity index (χ2n) is 3.98. The van der Waals surface area contributed by atoms with E-state index in [2.05, 4.69) is 12.2 Å². The molecule has 2 rings (SSSR count). The van der Waals surface area contributed by atoms with Gasteiger partial charge in [0.05, 0.1) is 0 Å². The molecule has 0 aliphatic rings. The number of aryl methyl sites for hydroxylation is 1. The van der Waals surface area contributed by atoms with Gasteiger partial charge in [0, 0.05) is 17.0 Å². The third-order valence-corrected chi connectivity index (χ3v) is 3.60. The van der Waals surface area contributed by atoms with Gasteiger partial charge in [-0.3, -0.25) is 0 Å². The Morgan fingerprint density at radius 1 is 1.24 bits per heavy atom. The lowest BCUT2D eigenvalue weighted by Crippen LogP contribution is -2.11. The summed E-state index contributed by atoms with van der Waals surface area (Å²) in [6.07, 6.45) is 0. The van der Waals surface area contributed by atoms with E-state index in [0.717, 1.165) is 29.1 Å². The van der Waals surface area contributed by atoms with Gasteiger partial charge in [-0.2, -0.15) is 0 Å². The summed E-state index contributed by atoms with van der Waals surface area (Å²) in [5.74, 6) is -0.147. The van der Waals surface area contributed by atoms with Gasteiger partial charge in [-0.05, 0) is 48.2 Å². The fraction of sp³-hybridized carbons (Fsp3) is 0.286. The van der Waals surface area contributed by atoms with Crippen LogP contribution in [0.5, 0.6) is 0 Å². The van der Waals surface area contributed by atoms with Crippen LogP contribution in [0.25, 0.3) is 11.1 Å². The van der Waals surface area contributed by atoms with Crippen molar-refractivity contribution in [2.24, 2.45) is 0 Å². The van der Waals surface area contributed by atoms with E-state index in [4.69, 9.17) is 0 Å². The van der Waals surface area contributed by atoms with E-state index < -0.39 is 0 Å². The summed E-state index contributed by atoms with van der Waals surface area (Å²) in [6.45, 7) is 5.79. The molecule has 17 heavy (non-hydrogen) atoms. The van der Waals surface area contributed by atoms with E-state index in [9.17, 15) is 4.39 Å². The average molecular weight is 249 g/mol. The first-order valence-corrected chi connectivity index (χ1v) is 6.64. The molecule has 1 N–H and O–H groups in total. The van der Waals surface area contributed by atoms with E-state index in [1.807, 2.05) is 30.5 Å². The molecule has 0 saturated carbocycles. The maximum absolute atomic E-state index is 13.8. The van der Waals surface area contributed by atoms with Crippen LogP contribution in [0, 0.1) is 12.7 Å². The second-order valence-corrected chi connectivity index (χ2v) is 5.11. The van der Waals surface area contributed by atoms with E-state index >= 15 is 0 Å². The third kappa shape index (κ3) is 2.73. The minimum absolute atomic E-state index is 0.147. The lowest BCUT2D eigenvalue weighted by molar-refractivity contribution is 0.629. The quantitative estimate of drug-likeness (QED) is 0.864. The van der Waals surface area contributed by atoms with Gasteiger partial charge in [-0.25, -0.2) is 4.39 Å². The van der Waals surface area contributed by atoms with E-state index in [1.165, 1.54) is 0 Å². The molecule has 0 spiro atoms. The molecule has 0 aliphatic heterocycles. The Bertz CT molecular complexity index is 505. The molecule has 0 amide bonds. The van der Waals surface area contributed by atoms with Gasteiger partial charge in [0.2, 0.25) is 0 Å². The summed E-state index contributed by atoms with van der Waals surface area (Å²) in [5, 5.41) is 5.25. The Balaban J connectivity index is 2.36. The van der Waals surface area contributed by atoms with Gasteiger partial charge >= 0.3 is 0 Å². The van der Waals surface area contributed by atoms with Crippen molar-refractivity contribution in [1.29, 1.82) is 0 Å². The molecule has 3 heteroatoms. The zero-order valence-corrected chi connectivity index (χ0v) is 10.9. The molecule has 0 atom stereocenters. The average Bonchev–Trinajstić information content (AvgIpc) is 2.74. The number of hydrogen-bond donors (Lipinski definition) is 1. The van der Waals surface area contributed by atoms with Crippen LogP contribution in [0.2, 0.25) is 0 Å².